The molecule has 3 nitrogen and oxygen atoms in total. The summed E-state index contributed by atoms with van der Waals surface area (Å²) in [5.74, 6) is 0.0453. The van der Waals surface area contributed by atoms with Crippen molar-refractivity contribution in [1.29, 1.82) is 0 Å². The molecule has 1 atom stereocenters. The fourth-order valence-electron chi connectivity index (χ4n) is 1.69. The maximum absolute atomic E-state index is 12.1. The minimum absolute atomic E-state index is 0.0453. The van der Waals surface area contributed by atoms with Crippen molar-refractivity contribution in [3.8, 4) is 0 Å². The molecule has 0 spiro atoms. The molecule has 0 saturated heterocycles. The number of hydrogen-bond donors (Lipinski definition) is 1. The van der Waals surface area contributed by atoms with E-state index in [1.54, 1.807) is 0 Å². The number of rotatable bonds is 4. The van der Waals surface area contributed by atoms with Crippen molar-refractivity contribution in [1.82, 2.24) is 10.2 Å². The molecular weight excluding hydrogens is 260 g/mol. The van der Waals surface area contributed by atoms with Gasteiger partial charge < -0.3 is 5.32 Å². The van der Waals surface area contributed by atoms with Crippen LogP contribution in [-0.2, 0) is 11.3 Å². The zero-order valence-corrected chi connectivity index (χ0v) is 13.1. The number of amides is 1. The van der Waals surface area contributed by atoms with E-state index in [0.29, 0.717) is 0 Å². The fraction of sp³-hybridized carbons (Fsp3) is 0.533. The molecule has 1 N–H and O–H groups in total. The van der Waals surface area contributed by atoms with E-state index in [9.17, 15) is 4.79 Å². The largest absolute Gasteiger partial charge is 0.350 e. The lowest BCUT2D eigenvalue weighted by molar-refractivity contribution is -0.127. The molecule has 1 amide bonds. The van der Waals surface area contributed by atoms with Gasteiger partial charge >= 0.3 is 0 Å². The summed E-state index contributed by atoms with van der Waals surface area (Å²) in [6.07, 6.45) is 0. The summed E-state index contributed by atoms with van der Waals surface area (Å²) in [5, 5.41) is 3.72. The second kappa shape index (κ2) is 6.40. The summed E-state index contributed by atoms with van der Waals surface area (Å²) in [4.78, 5) is 14.1. The van der Waals surface area contributed by atoms with Crippen LogP contribution in [-0.4, -0.2) is 29.4 Å². The van der Waals surface area contributed by atoms with Crippen LogP contribution in [0.15, 0.2) is 24.3 Å². The first-order valence-electron chi connectivity index (χ1n) is 6.46. The van der Waals surface area contributed by atoms with Crippen LogP contribution in [0.5, 0.6) is 0 Å². The van der Waals surface area contributed by atoms with E-state index in [1.165, 1.54) is 0 Å². The van der Waals surface area contributed by atoms with Gasteiger partial charge in [0.1, 0.15) is 0 Å². The second-order valence-electron chi connectivity index (χ2n) is 5.96. The molecule has 1 rings (SSSR count). The Morgan fingerprint density at radius 2 is 1.84 bits per heavy atom. The lowest BCUT2D eigenvalue weighted by atomic mass is 10.1. The van der Waals surface area contributed by atoms with Crippen LogP contribution in [0.25, 0.3) is 0 Å². The van der Waals surface area contributed by atoms with E-state index in [1.807, 2.05) is 63.9 Å². The SMILES string of the molecule is CC(C(=O)NC(C)(C)C)N(C)Cc1ccc(Cl)cc1. The predicted molar refractivity (Wildman–Crippen MR) is 80.3 cm³/mol. The number of halogens is 1. The molecule has 0 fully saturated rings. The van der Waals surface area contributed by atoms with Crippen LogP contribution >= 0.6 is 11.6 Å². The van der Waals surface area contributed by atoms with Gasteiger partial charge in [0.2, 0.25) is 5.91 Å². The second-order valence-corrected chi connectivity index (χ2v) is 6.39. The van der Waals surface area contributed by atoms with E-state index < -0.39 is 0 Å². The average molecular weight is 283 g/mol. The quantitative estimate of drug-likeness (QED) is 0.920. The first-order chi connectivity index (χ1) is 8.69. The smallest absolute Gasteiger partial charge is 0.237 e. The molecule has 0 aliphatic heterocycles. The van der Waals surface area contributed by atoms with Crippen molar-refractivity contribution in [2.24, 2.45) is 0 Å². The van der Waals surface area contributed by atoms with Gasteiger partial charge in [0, 0.05) is 17.1 Å². The molecule has 0 aliphatic rings. The number of nitrogens with zero attached hydrogens (tertiary/aromatic N) is 1. The molecule has 0 bridgehead atoms. The number of benzene rings is 1. The Morgan fingerprint density at radius 1 is 1.32 bits per heavy atom. The number of nitrogens with one attached hydrogen (secondary N) is 1. The highest BCUT2D eigenvalue weighted by Crippen LogP contribution is 2.12. The summed E-state index contributed by atoms with van der Waals surface area (Å²) in [7, 11) is 1.95. The number of likely N-dealkylation sites (N-methyl/N-ethyl adjacent to an activating group) is 1. The maximum Gasteiger partial charge on any atom is 0.237 e. The van der Waals surface area contributed by atoms with Crippen LogP contribution in [0.2, 0.25) is 5.02 Å². The molecule has 1 aromatic carbocycles. The minimum atomic E-state index is -0.202. The molecule has 19 heavy (non-hydrogen) atoms. The molecule has 0 radical (unpaired) electrons. The molecule has 4 heteroatoms. The summed E-state index contributed by atoms with van der Waals surface area (Å²) in [5.41, 5.74) is 0.939. The highest BCUT2D eigenvalue weighted by atomic mass is 35.5. The summed E-state index contributed by atoms with van der Waals surface area (Å²) in [6, 6.07) is 7.52. The van der Waals surface area contributed by atoms with E-state index in [-0.39, 0.29) is 17.5 Å². The Hall–Kier alpha value is -1.06. The first kappa shape index (κ1) is 16.0. The molecule has 1 aromatic rings. The van der Waals surface area contributed by atoms with Crippen molar-refractivity contribution in [2.45, 2.75) is 45.8 Å². The highest BCUT2D eigenvalue weighted by molar-refractivity contribution is 6.30. The lowest BCUT2D eigenvalue weighted by Crippen LogP contribution is -2.49. The van der Waals surface area contributed by atoms with Crippen LogP contribution in [0.1, 0.15) is 33.3 Å². The monoisotopic (exact) mass is 282 g/mol. The minimum Gasteiger partial charge on any atom is -0.350 e. The number of carbonyl (C=O) groups is 1. The van der Waals surface area contributed by atoms with E-state index in [0.717, 1.165) is 17.1 Å². The summed E-state index contributed by atoms with van der Waals surface area (Å²) < 4.78 is 0. The van der Waals surface area contributed by atoms with Crippen molar-refractivity contribution in [2.75, 3.05) is 7.05 Å². The Kier molecular flexibility index (Phi) is 5.39. The van der Waals surface area contributed by atoms with Crippen molar-refractivity contribution in [3.05, 3.63) is 34.9 Å². The maximum atomic E-state index is 12.1. The van der Waals surface area contributed by atoms with Gasteiger partial charge in [-0.3, -0.25) is 9.69 Å². The molecule has 0 saturated carbocycles. The van der Waals surface area contributed by atoms with E-state index >= 15 is 0 Å². The Bertz CT molecular complexity index is 423. The standard InChI is InChI=1S/C15H23ClN2O/c1-11(14(19)17-15(2,3)4)18(5)10-12-6-8-13(16)9-7-12/h6-9,11H,10H2,1-5H3,(H,17,19). The van der Waals surface area contributed by atoms with Gasteiger partial charge in [0.15, 0.2) is 0 Å². The first-order valence-corrected chi connectivity index (χ1v) is 6.83. The van der Waals surface area contributed by atoms with Crippen molar-refractivity contribution >= 4 is 17.5 Å². The molecule has 106 valence electrons. The van der Waals surface area contributed by atoms with Gasteiger partial charge in [-0.1, -0.05) is 23.7 Å². The third-order valence-electron chi connectivity index (χ3n) is 2.88. The Morgan fingerprint density at radius 3 is 2.32 bits per heavy atom. The third kappa shape index (κ3) is 5.62. The zero-order chi connectivity index (χ0) is 14.6. The average Bonchev–Trinajstić information content (AvgIpc) is 2.28. The molecule has 0 heterocycles. The van der Waals surface area contributed by atoms with Crippen LogP contribution in [0.3, 0.4) is 0 Å². The third-order valence-corrected chi connectivity index (χ3v) is 3.14. The molecule has 0 aromatic heterocycles. The summed E-state index contributed by atoms with van der Waals surface area (Å²) in [6.45, 7) is 8.58. The van der Waals surface area contributed by atoms with Gasteiger partial charge in [0.25, 0.3) is 0 Å². The van der Waals surface area contributed by atoms with E-state index in [4.69, 9.17) is 11.6 Å². The predicted octanol–water partition coefficient (Wildman–Crippen LogP) is 3.08. The van der Waals surface area contributed by atoms with Crippen molar-refractivity contribution < 1.29 is 4.79 Å². The van der Waals surface area contributed by atoms with Gasteiger partial charge in [0.05, 0.1) is 6.04 Å². The normalized spacial score (nSPS) is 13.4. The molecule has 0 aliphatic carbocycles. The summed E-state index contributed by atoms with van der Waals surface area (Å²) >= 11 is 5.86. The number of carbonyl (C=O) groups excluding carboxylic acids is 1. The lowest BCUT2D eigenvalue weighted by Gasteiger charge is -2.28. The fourth-order valence-corrected chi connectivity index (χ4v) is 1.81. The topological polar surface area (TPSA) is 32.3 Å². The number of hydrogen-bond acceptors (Lipinski definition) is 2. The zero-order valence-electron chi connectivity index (χ0n) is 12.3. The van der Waals surface area contributed by atoms with Gasteiger partial charge in [-0.25, -0.2) is 0 Å². The van der Waals surface area contributed by atoms with Crippen LogP contribution in [0.4, 0.5) is 0 Å². The van der Waals surface area contributed by atoms with E-state index in [2.05, 4.69) is 5.32 Å². The Labute approximate surface area is 120 Å². The molecule has 1 unspecified atom stereocenters. The highest BCUT2D eigenvalue weighted by Gasteiger charge is 2.22. The van der Waals surface area contributed by atoms with Gasteiger partial charge in [-0.15, -0.1) is 0 Å². The van der Waals surface area contributed by atoms with Crippen LogP contribution < -0.4 is 5.32 Å². The van der Waals surface area contributed by atoms with Gasteiger partial charge in [-0.2, -0.15) is 0 Å². The van der Waals surface area contributed by atoms with Crippen molar-refractivity contribution in [3.63, 3.8) is 0 Å². The van der Waals surface area contributed by atoms with Gasteiger partial charge in [-0.05, 0) is 52.4 Å². The molecular formula is C15H23ClN2O. The Balaban J connectivity index is 2.59. The van der Waals surface area contributed by atoms with Crippen LogP contribution in [0, 0.1) is 0 Å².